The lowest BCUT2D eigenvalue weighted by atomic mass is 10.2. The molecule has 0 fully saturated rings. The van der Waals surface area contributed by atoms with E-state index in [9.17, 15) is 0 Å². The number of halogens is 1. The van der Waals surface area contributed by atoms with E-state index in [1.807, 2.05) is 36.4 Å². The van der Waals surface area contributed by atoms with E-state index in [2.05, 4.69) is 26.1 Å². The molecule has 2 rings (SSSR count). The molecular weight excluding hydrogens is 256 g/mol. The third kappa shape index (κ3) is 2.76. The Balaban J connectivity index is 2.11. The standard InChI is InChI=1S/C11H9BrN2O/c12-8-10-13-11(15-14-10)7-6-9-4-2-1-3-5-9/h1-7H,8H2. The van der Waals surface area contributed by atoms with Gasteiger partial charge in [-0.3, -0.25) is 0 Å². The molecule has 0 atom stereocenters. The van der Waals surface area contributed by atoms with Gasteiger partial charge in [0.05, 0.1) is 5.33 Å². The molecule has 1 aromatic carbocycles. The Bertz CT molecular complexity index is 451. The summed E-state index contributed by atoms with van der Waals surface area (Å²) in [5, 5.41) is 4.37. The van der Waals surface area contributed by atoms with Crippen molar-refractivity contribution < 1.29 is 4.52 Å². The minimum absolute atomic E-state index is 0.522. The molecule has 1 heterocycles. The predicted molar refractivity (Wildman–Crippen MR) is 62.3 cm³/mol. The van der Waals surface area contributed by atoms with Crippen LogP contribution in [0.3, 0.4) is 0 Å². The second-order valence-electron chi connectivity index (χ2n) is 2.93. The van der Waals surface area contributed by atoms with Crippen molar-refractivity contribution in [3.63, 3.8) is 0 Å². The fourth-order valence-corrected chi connectivity index (χ4v) is 1.35. The van der Waals surface area contributed by atoms with Gasteiger partial charge in [0.25, 0.3) is 5.89 Å². The summed E-state index contributed by atoms with van der Waals surface area (Å²) in [6, 6.07) is 9.97. The lowest BCUT2D eigenvalue weighted by molar-refractivity contribution is 0.405. The highest BCUT2D eigenvalue weighted by Crippen LogP contribution is 2.07. The zero-order valence-corrected chi connectivity index (χ0v) is 9.52. The van der Waals surface area contributed by atoms with Crippen LogP contribution in [0, 0.1) is 0 Å². The number of benzene rings is 1. The Hall–Kier alpha value is -1.42. The zero-order valence-electron chi connectivity index (χ0n) is 7.93. The zero-order chi connectivity index (χ0) is 10.5. The van der Waals surface area contributed by atoms with Crippen molar-refractivity contribution >= 4 is 28.1 Å². The number of rotatable bonds is 3. The maximum atomic E-state index is 5.00. The van der Waals surface area contributed by atoms with Crippen molar-refractivity contribution in [2.24, 2.45) is 0 Å². The molecule has 0 saturated heterocycles. The van der Waals surface area contributed by atoms with E-state index in [4.69, 9.17) is 4.52 Å². The number of hydrogen-bond donors (Lipinski definition) is 0. The fraction of sp³-hybridized carbons (Fsp3) is 0.0909. The van der Waals surface area contributed by atoms with Crippen LogP contribution in [0.2, 0.25) is 0 Å². The molecule has 76 valence electrons. The van der Waals surface area contributed by atoms with Gasteiger partial charge in [-0.05, 0) is 11.6 Å². The fourth-order valence-electron chi connectivity index (χ4n) is 1.12. The van der Waals surface area contributed by atoms with E-state index < -0.39 is 0 Å². The summed E-state index contributed by atoms with van der Waals surface area (Å²) in [7, 11) is 0. The Morgan fingerprint density at radius 1 is 1.20 bits per heavy atom. The van der Waals surface area contributed by atoms with Crippen molar-refractivity contribution in [2.45, 2.75) is 5.33 Å². The molecule has 0 saturated carbocycles. The average Bonchev–Trinajstić information content (AvgIpc) is 2.76. The second-order valence-corrected chi connectivity index (χ2v) is 3.49. The van der Waals surface area contributed by atoms with Crippen LogP contribution < -0.4 is 0 Å². The Morgan fingerprint density at radius 3 is 2.67 bits per heavy atom. The normalized spacial score (nSPS) is 11.0. The Kier molecular flexibility index (Phi) is 3.29. The quantitative estimate of drug-likeness (QED) is 0.800. The van der Waals surface area contributed by atoms with E-state index in [0.717, 1.165) is 5.56 Å². The molecule has 0 N–H and O–H groups in total. The number of alkyl halides is 1. The van der Waals surface area contributed by atoms with E-state index in [-0.39, 0.29) is 0 Å². The first-order chi connectivity index (χ1) is 7.38. The molecule has 0 spiro atoms. The van der Waals surface area contributed by atoms with Gasteiger partial charge in [0.15, 0.2) is 5.82 Å². The van der Waals surface area contributed by atoms with E-state index in [1.165, 1.54) is 0 Å². The van der Waals surface area contributed by atoms with Crippen molar-refractivity contribution in [3.05, 3.63) is 47.6 Å². The van der Waals surface area contributed by atoms with Crippen LogP contribution >= 0.6 is 15.9 Å². The van der Waals surface area contributed by atoms with Crippen LogP contribution in [0.15, 0.2) is 34.9 Å². The van der Waals surface area contributed by atoms with Crippen LogP contribution in [0.1, 0.15) is 17.3 Å². The molecule has 0 bridgehead atoms. The van der Waals surface area contributed by atoms with E-state index in [1.54, 1.807) is 6.08 Å². The lowest BCUT2D eigenvalue weighted by Gasteiger charge is -1.88. The molecule has 15 heavy (non-hydrogen) atoms. The van der Waals surface area contributed by atoms with Gasteiger partial charge >= 0.3 is 0 Å². The smallest absolute Gasteiger partial charge is 0.250 e. The topological polar surface area (TPSA) is 38.9 Å². The lowest BCUT2D eigenvalue weighted by Crippen LogP contribution is -1.78. The molecular formula is C11H9BrN2O. The second kappa shape index (κ2) is 4.89. The molecule has 0 aliphatic heterocycles. The minimum Gasteiger partial charge on any atom is -0.335 e. The van der Waals surface area contributed by atoms with Gasteiger partial charge in [0.1, 0.15) is 0 Å². The molecule has 1 aromatic heterocycles. The summed E-state index contributed by atoms with van der Waals surface area (Å²) >= 11 is 3.26. The van der Waals surface area contributed by atoms with Crippen molar-refractivity contribution in [1.29, 1.82) is 0 Å². The van der Waals surface area contributed by atoms with E-state index >= 15 is 0 Å². The van der Waals surface area contributed by atoms with Crippen LogP contribution in [-0.4, -0.2) is 10.1 Å². The van der Waals surface area contributed by atoms with Gasteiger partial charge in [0, 0.05) is 6.08 Å². The minimum atomic E-state index is 0.522. The van der Waals surface area contributed by atoms with Gasteiger partial charge in [-0.25, -0.2) is 0 Å². The van der Waals surface area contributed by atoms with Crippen LogP contribution in [0.25, 0.3) is 12.2 Å². The van der Waals surface area contributed by atoms with Crippen molar-refractivity contribution in [1.82, 2.24) is 10.1 Å². The van der Waals surface area contributed by atoms with Gasteiger partial charge < -0.3 is 4.52 Å². The van der Waals surface area contributed by atoms with E-state index in [0.29, 0.717) is 17.0 Å². The highest BCUT2D eigenvalue weighted by Gasteiger charge is 1.99. The molecule has 4 heteroatoms. The molecule has 3 nitrogen and oxygen atoms in total. The monoisotopic (exact) mass is 264 g/mol. The Labute approximate surface area is 95.9 Å². The molecule has 0 radical (unpaired) electrons. The van der Waals surface area contributed by atoms with Crippen LogP contribution in [0.5, 0.6) is 0 Å². The van der Waals surface area contributed by atoms with Gasteiger partial charge in [0.2, 0.25) is 0 Å². The molecule has 2 aromatic rings. The molecule has 0 amide bonds. The molecule has 0 unspecified atom stereocenters. The SMILES string of the molecule is BrCc1noc(C=Cc2ccccc2)n1. The summed E-state index contributed by atoms with van der Waals surface area (Å²) in [5.41, 5.74) is 1.11. The van der Waals surface area contributed by atoms with Gasteiger partial charge in [-0.15, -0.1) is 0 Å². The molecule has 0 aliphatic carbocycles. The highest BCUT2D eigenvalue weighted by atomic mass is 79.9. The predicted octanol–water partition coefficient (Wildman–Crippen LogP) is 3.13. The van der Waals surface area contributed by atoms with Gasteiger partial charge in [-0.1, -0.05) is 51.4 Å². The maximum absolute atomic E-state index is 5.00. The highest BCUT2D eigenvalue weighted by molar-refractivity contribution is 9.08. The van der Waals surface area contributed by atoms with Gasteiger partial charge in [-0.2, -0.15) is 4.98 Å². The average molecular weight is 265 g/mol. The third-order valence-corrected chi connectivity index (χ3v) is 2.32. The molecule has 0 aliphatic rings. The summed E-state index contributed by atoms with van der Waals surface area (Å²) in [4.78, 5) is 4.13. The van der Waals surface area contributed by atoms with Crippen LogP contribution in [0.4, 0.5) is 0 Å². The number of hydrogen-bond acceptors (Lipinski definition) is 3. The number of nitrogens with zero attached hydrogens (tertiary/aromatic N) is 2. The largest absolute Gasteiger partial charge is 0.335 e. The summed E-state index contributed by atoms with van der Waals surface area (Å²) in [6.45, 7) is 0. The van der Waals surface area contributed by atoms with Crippen LogP contribution in [-0.2, 0) is 5.33 Å². The summed E-state index contributed by atoms with van der Waals surface area (Å²) in [6.07, 6.45) is 3.74. The summed E-state index contributed by atoms with van der Waals surface area (Å²) in [5.74, 6) is 1.18. The maximum Gasteiger partial charge on any atom is 0.250 e. The third-order valence-electron chi connectivity index (χ3n) is 1.82. The number of aromatic nitrogens is 2. The first-order valence-electron chi connectivity index (χ1n) is 4.50. The van der Waals surface area contributed by atoms with Crippen molar-refractivity contribution in [2.75, 3.05) is 0 Å². The first-order valence-corrected chi connectivity index (χ1v) is 5.62. The first kappa shape index (κ1) is 10.1. The summed E-state index contributed by atoms with van der Waals surface area (Å²) < 4.78 is 5.00. The van der Waals surface area contributed by atoms with Crippen molar-refractivity contribution in [3.8, 4) is 0 Å². The Morgan fingerprint density at radius 2 is 2.00 bits per heavy atom.